The lowest BCUT2D eigenvalue weighted by molar-refractivity contribution is -0.131. The third-order valence-corrected chi connectivity index (χ3v) is 3.32. The van der Waals surface area contributed by atoms with Gasteiger partial charge in [-0.15, -0.1) is 0 Å². The molecule has 0 bridgehead atoms. The molecule has 1 rings (SSSR count). The van der Waals surface area contributed by atoms with Crippen molar-refractivity contribution in [3.8, 4) is 0 Å². The minimum Gasteiger partial charge on any atom is -0.369 e. The Morgan fingerprint density at radius 3 is 2.25 bits per heavy atom. The molecule has 0 aliphatic rings. The molecule has 0 aromatic carbocycles. The number of carbonyl (C=O) groups is 2. The fourth-order valence-electron chi connectivity index (χ4n) is 2.10. The van der Waals surface area contributed by atoms with E-state index in [1.807, 2.05) is 13.0 Å². The molecule has 0 radical (unpaired) electrons. The van der Waals surface area contributed by atoms with Crippen molar-refractivity contribution in [2.45, 2.75) is 41.0 Å². The van der Waals surface area contributed by atoms with E-state index in [4.69, 9.17) is 5.73 Å². The van der Waals surface area contributed by atoms with Crippen LogP contribution in [0.5, 0.6) is 0 Å². The van der Waals surface area contributed by atoms with Crippen LogP contribution in [0.4, 0.5) is 5.82 Å². The molecule has 5 nitrogen and oxygen atoms in total. The number of amides is 2. The van der Waals surface area contributed by atoms with Crippen molar-refractivity contribution >= 4 is 17.6 Å². The Bertz CT molecular complexity index is 504. The molecular weight excluding hydrogens is 254 g/mol. The number of nitrogens with zero attached hydrogens (tertiary/aromatic N) is 1. The summed E-state index contributed by atoms with van der Waals surface area (Å²) in [4.78, 5) is 27.9. The summed E-state index contributed by atoms with van der Waals surface area (Å²) < 4.78 is 0. The number of anilines is 1. The number of hydrogen-bond donors (Lipinski definition) is 2. The van der Waals surface area contributed by atoms with Gasteiger partial charge in [0.25, 0.3) is 0 Å². The van der Waals surface area contributed by atoms with Gasteiger partial charge in [-0.1, -0.05) is 33.8 Å². The number of pyridine rings is 1. The zero-order valence-electron chi connectivity index (χ0n) is 12.8. The van der Waals surface area contributed by atoms with Crippen LogP contribution in [0.15, 0.2) is 18.3 Å². The molecule has 0 atom stereocenters. The van der Waals surface area contributed by atoms with E-state index in [1.165, 1.54) is 0 Å². The van der Waals surface area contributed by atoms with Gasteiger partial charge >= 0.3 is 0 Å². The van der Waals surface area contributed by atoms with E-state index in [9.17, 15) is 9.59 Å². The summed E-state index contributed by atoms with van der Waals surface area (Å²) in [6, 6.07) is 3.63. The molecule has 0 unspecified atom stereocenters. The Morgan fingerprint density at radius 1 is 1.20 bits per heavy atom. The normalized spacial score (nSPS) is 12.1. The zero-order valence-corrected chi connectivity index (χ0v) is 12.8. The Labute approximate surface area is 120 Å². The van der Waals surface area contributed by atoms with Crippen LogP contribution >= 0.6 is 0 Å². The van der Waals surface area contributed by atoms with Crippen LogP contribution in [0, 0.1) is 17.8 Å². The molecule has 5 heteroatoms. The van der Waals surface area contributed by atoms with Crippen LogP contribution in [0.2, 0.25) is 0 Å². The molecule has 0 aliphatic carbocycles. The maximum absolute atomic E-state index is 12.3. The number of rotatable bonds is 5. The fraction of sp³-hybridized carbons (Fsp3) is 0.533. The quantitative estimate of drug-likeness (QED) is 0.865. The van der Waals surface area contributed by atoms with Crippen molar-refractivity contribution in [3.05, 3.63) is 23.9 Å². The maximum Gasteiger partial charge on any atom is 0.231 e. The highest BCUT2D eigenvalue weighted by Gasteiger charge is 2.37. The highest BCUT2D eigenvalue weighted by Crippen LogP contribution is 2.34. The van der Waals surface area contributed by atoms with Gasteiger partial charge in [0, 0.05) is 17.0 Å². The van der Waals surface area contributed by atoms with Gasteiger partial charge in [0.2, 0.25) is 11.8 Å². The first-order chi connectivity index (χ1) is 9.04. The van der Waals surface area contributed by atoms with Gasteiger partial charge in [-0.25, -0.2) is 4.98 Å². The van der Waals surface area contributed by atoms with Gasteiger partial charge in [0.05, 0.1) is 0 Å². The van der Waals surface area contributed by atoms with Crippen molar-refractivity contribution in [1.82, 2.24) is 4.98 Å². The van der Waals surface area contributed by atoms with Crippen LogP contribution in [0.25, 0.3) is 0 Å². The van der Waals surface area contributed by atoms with Gasteiger partial charge in [-0.05, 0) is 25.0 Å². The van der Waals surface area contributed by atoms with E-state index in [0.717, 1.165) is 5.56 Å². The van der Waals surface area contributed by atoms with Crippen molar-refractivity contribution in [2.75, 3.05) is 5.32 Å². The Hall–Kier alpha value is -1.91. The molecule has 1 heterocycles. The third-order valence-electron chi connectivity index (χ3n) is 3.32. The van der Waals surface area contributed by atoms with Crippen LogP contribution in [-0.2, 0) is 9.59 Å². The van der Waals surface area contributed by atoms with E-state index < -0.39 is 16.7 Å². The van der Waals surface area contributed by atoms with E-state index in [-0.39, 0.29) is 5.91 Å². The van der Waals surface area contributed by atoms with E-state index in [2.05, 4.69) is 10.3 Å². The van der Waals surface area contributed by atoms with Crippen LogP contribution in [-0.4, -0.2) is 16.8 Å². The van der Waals surface area contributed by atoms with Gasteiger partial charge < -0.3 is 11.1 Å². The lowest BCUT2D eigenvalue weighted by Gasteiger charge is -2.31. The third kappa shape index (κ3) is 4.05. The summed E-state index contributed by atoms with van der Waals surface area (Å²) in [7, 11) is 0. The molecule has 0 fully saturated rings. The number of nitrogens with two attached hydrogens (primary N) is 1. The first-order valence-corrected chi connectivity index (χ1v) is 6.59. The Balaban J connectivity index is 2.79. The molecule has 0 aliphatic heterocycles. The average Bonchev–Trinajstić information content (AvgIpc) is 2.30. The summed E-state index contributed by atoms with van der Waals surface area (Å²) in [5.41, 5.74) is 4.94. The second kappa shape index (κ2) is 5.61. The number of carbonyl (C=O) groups excluding carboxylic acids is 2. The second-order valence-corrected chi connectivity index (χ2v) is 6.48. The van der Waals surface area contributed by atoms with Crippen LogP contribution in [0.3, 0.4) is 0 Å². The maximum atomic E-state index is 12.3. The largest absolute Gasteiger partial charge is 0.369 e. The van der Waals surface area contributed by atoms with Gasteiger partial charge in [0.1, 0.15) is 5.82 Å². The first kappa shape index (κ1) is 16.1. The number of primary amides is 1. The van der Waals surface area contributed by atoms with Crippen LogP contribution in [0.1, 0.15) is 39.7 Å². The molecule has 2 amide bonds. The molecule has 1 aromatic heterocycles. The highest BCUT2D eigenvalue weighted by molar-refractivity contribution is 5.94. The lowest BCUT2D eigenvalue weighted by Crippen LogP contribution is -2.40. The minimum absolute atomic E-state index is 0.178. The number of nitrogens with one attached hydrogen (secondary N) is 1. The monoisotopic (exact) mass is 277 g/mol. The molecule has 20 heavy (non-hydrogen) atoms. The summed E-state index contributed by atoms with van der Waals surface area (Å²) in [6.45, 7) is 9.00. The topological polar surface area (TPSA) is 85.1 Å². The van der Waals surface area contributed by atoms with E-state index in [1.54, 1.807) is 40.0 Å². The van der Waals surface area contributed by atoms with Gasteiger partial charge in [-0.2, -0.15) is 0 Å². The van der Waals surface area contributed by atoms with Crippen molar-refractivity contribution in [2.24, 2.45) is 16.6 Å². The van der Waals surface area contributed by atoms with E-state index >= 15 is 0 Å². The standard InChI is InChI=1S/C15H23N3O2/c1-10-6-7-11(17-8-10)18-13(20)15(4,5)9-14(2,3)12(16)19/h6-8H,9H2,1-5H3,(H2,16,19)(H,17,18,20). The molecular formula is C15H23N3O2. The van der Waals surface area contributed by atoms with Crippen molar-refractivity contribution in [1.29, 1.82) is 0 Å². The summed E-state index contributed by atoms with van der Waals surface area (Å²) in [6.07, 6.45) is 2.06. The average molecular weight is 277 g/mol. The van der Waals surface area contributed by atoms with Crippen molar-refractivity contribution < 1.29 is 9.59 Å². The molecule has 1 aromatic rings. The van der Waals surface area contributed by atoms with Crippen molar-refractivity contribution in [3.63, 3.8) is 0 Å². The van der Waals surface area contributed by atoms with E-state index in [0.29, 0.717) is 12.2 Å². The number of aryl methyl sites for hydroxylation is 1. The molecule has 3 N–H and O–H groups in total. The zero-order chi connectivity index (χ0) is 15.6. The summed E-state index contributed by atoms with van der Waals surface area (Å²) in [5, 5.41) is 2.77. The highest BCUT2D eigenvalue weighted by atomic mass is 16.2. The van der Waals surface area contributed by atoms with Crippen LogP contribution < -0.4 is 11.1 Å². The predicted molar refractivity (Wildman–Crippen MR) is 79.0 cm³/mol. The summed E-state index contributed by atoms with van der Waals surface area (Å²) >= 11 is 0. The lowest BCUT2D eigenvalue weighted by atomic mass is 9.74. The summed E-state index contributed by atoms with van der Waals surface area (Å²) in [5.74, 6) is -0.0828. The van der Waals surface area contributed by atoms with Gasteiger partial charge in [-0.3, -0.25) is 9.59 Å². The fourth-order valence-corrected chi connectivity index (χ4v) is 2.10. The minimum atomic E-state index is -0.735. The molecule has 110 valence electrons. The van der Waals surface area contributed by atoms with Gasteiger partial charge in [0.15, 0.2) is 0 Å². The first-order valence-electron chi connectivity index (χ1n) is 6.59. The molecule has 0 spiro atoms. The smallest absolute Gasteiger partial charge is 0.231 e. The molecule has 0 saturated carbocycles. The number of aromatic nitrogens is 1. The SMILES string of the molecule is Cc1ccc(NC(=O)C(C)(C)CC(C)(C)C(N)=O)nc1. The molecule has 0 saturated heterocycles. The number of hydrogen-bond acceptors (Lipinski definition) is 3. The predicted octanol–water partition coefficient (Wildman–Crippen LogP) is 2.26. The Morgan fingerprint density at radius 2 is 1.80 bits per heavy atom. The Kier molecular flexibility index (Phi) is 4.53. The second-order valence-electron chi connectivity index (χ2n) is 6.48.